The molecule has 5 nitrogen and oxygen atoms in total. The van der Waals surface area contributed by atoms with Crippen LogP contribution >= 0.6 is 0 Å². The highest BCUT2D eigenvalue weighted by molar-refractivity contribution is 5.97. The number of nitrogens with one attached hydrogen (secondary N) is 1. The lowest BCUT2D eigenvalue weighted by Gasteiger charge is -2.26. The number of anilines is 1. The second kappa shape index (κ2) is 5.56. The molecule has 0 atom stereocenters. The first-order valence-electron chi connectivity index (χ1n) is 6.01. The van der Waals surface area contributed by atoms with Crippen LogP contribution in [-0.2, 0) is 16.0 Å². The summed E-state index contributed by atoms with van der Waals surface area (Å²) in [6.45, 7) is 4.05. The van der Waals surface area contributed by atoms with Crippen LogP contribution in [0.25, 0.3) is 0 Å². The van der Waals surface area contributed by atoms with E-state index in [0.717, 1.165) is 5.56 Å². The van der Waals surface area contributed by atoms with E-state index >= 15 is 0 Å². The quantitative estimate of drug-likeness (QED) is 0.818. The van der Waals surface area contributed by atoms with Gasteiger partial charge in [0.2, 0.25) is 5.91 Å². The van der Waals surface area contributed by atoms with Crippen LogP contribution in [0.1, 0.15) is 5.56 Å². The minimum atomic E-state index is -0.0965. The van der Waals surface area contributed by atoms with Gasteiger partial charge >= 0.3 is 0 Å². The fraction of sp³-hybridized carbons (Fsp3) is 0.286. The van der Waals surface area contributed by atoms with E-state index in [2.05, 4.69) is 11.9 Å². The first-order valence-corrected chi connectivity index (χ1v) is 6.01. The Balaban J connectivity index is 2.14. The third kappa shape index (κ3) is 2.93. The van der Waals surface area contributed by atoms with Crippen molar-refractivity contribution in [2.75, 3.05) is 25.1 Å². The molecule has 100 valence electrons. The zero-order chi connectivity index (χ0) is 13.8. The van der Waals surface area contributed by atoms with Crippen LogP contribution in [0.2, 0.25) is 0 Å². The number of carbonyl (C=O) groups is 2. The number of fused-ring (bicyclic) bond motifs is 1. The minimum absolute atomic E-state index is 0.0582. The van der Waals surface area contributed by atoms with E-state index in [1.54, 1.807) is 30.2 Å². The summed E-state index contributed by atoms with van der Waals surface area (Å²) in [5.74, 6) is 0.490. The molecule has 0 bridgehead atoms. The number of likely N-dealkylation sites (N-methyl/N-ethyl adjacent to an activating group) is 1. The third-order valence-corrected chi connectivity index (χ3v) is 2.92. The number of rotatable bonds is 4. The Morgan fingerprint density at radius 2 is 2.37 bits per heavy atom. The van der Waals surface area contributed by atoms with Gasteiger partial charge in [-0.3, -0.25) is 9.59 Å². The molecule has 0 aromatic heterocycles. The number of hydrogen-bond acceptors (Lipinski definition) is 3. The maximum Gasteiger partial charge on any atom is 0.264 e. The molecule has 0 spiro atoms. The SMILES string of the molecule is C=CCNC(=O)Cc1ccc2c(c1)N(C)C(=O)CO2. The molecule has 0 radical (unpaired) electrons. The maximum absolute atomic E-state index is 11.6. The summed E-state index contributed by atoms with van der Waals surface area (Å²) < 4.78 is 5.33. The number of hydrogen-bond donors (Lipinski definition) is 1. The Hall–Kier alpha value is -2.30. The molecule has 1 N–H and O–H groups in total. The number of amides is 2. The minimum Gasteiger partial charge on any atom is -0.482 e. The summed E-state index contributed by atoms with van der Waals surface area (Å²) in [7, 11) is 1.70. The smallest absolute Gasteiger partial charge is 0.264 e. The predicted octanol–water partition coefficient (Wildman–Crippen LogP) is 0.886. The summed E-state index contributed by atoms with van der Waals surface area (Å²) in [6.07, 6.45) is 1.90. The lowest BCUT2D eigenvalue weighted by Crippen LogP contribution is -2.35. The molecule has 0 unspecified atom stereocenters. The molecule has 0 aliphatic carbocycles. The van der Waals surface area contributed by atoms with Gasteiger partial charge in [-0.05, 0) is 17.7 Å². The van der Waals surface area contributed by atoms with Gasteiger partial charge in [0, 0.05) is 13.6 Å². The van der Waals surface area contributed by atoms with E-state index in [4.69, 9.17) is 4.74 Å². The van der Waals surface area contributed by atoms with Gasteiger partial charge in [0.1, 0.15) is 5.75 Å². The van der Waals surface area contributed by atoms with Crippen molar-refractivity contribution in [2.45, 2.75) is 6.42 Å². The second-order valence-corrected chi connectivity index (χ2v) is 4.31. The molecule has 1 aromatic rings. The lowest BCUT2D eigenvalue weighted by molar-refractivity contribution is -0.121. The average molecular weight is 260 g/mol. The summed E-state index contributed by atoms with van der Waals surface area (Å²) in [4.78, 5) is 24.7. The van der Waals surface area contributed by atoms with Crippen LogP contribution in [0.3, 0.4) is 0 Å². The third-order valence-electron chi connectivity index (χ3n) is 2.92. The van der Waals surface area contributed by atoms with E-state index in [0.29, 0.717) is 18.0 Å². The molecule has 1 aromatic carbocycles. The van der Waals surface area contributed by atoms with E-state index in [1.807, 2.05) is 6.07 Å². The molecule has 0 saturated carbocycles. The molecule has 2 rings (SSSR count). The normalized spacial score (nSPS) is 13.5. The molecule has 19 heavy (non-hydrogen) atoms. The van der Waals surface area contributed by atoms with Crippen molar-refractivity contribution in [1.82, 2.24) is 5.32 Å². The second-order valence-electron chi connectivity index (χ2n) is 4.31. The fourth-order valence-corrected chi connectivity index (χ4v) is 1.86. The van der Waals surface area contributed by atoms with Gasteiger partial charge in [-0.25, -0.2) is 0 Å². The summed E-state index contributed by atoms with van der Waals surface area (Å²) >= 11 is 0. The van der Waals surface area contributed by atoms with Crippen molar-refractivity contribution in [1.29, 1.82) is 0 Å². The standard InChI is InChI=1S/C14H16N2O3/c1-3-6-15-13(17)8-10-4-5-12-11(7-10)16(2)14(18)9-19-12/h3-5,7H,1,6,8-9H2,2H3,(H,15,17). The van der Waals surface area contributed by atoms with Gasteiger partial charge < -0.3 is 15.0 Å². The van der Waals surface area contributed by atoms with Crippen molar-refractivity contribution in [3.63, 3.8) is 0 Å². The molecule has 5 heteroatoms. The van der Waals surface area contributed by atoms with Crippen molar-refractivity contribution in [3.05, 3.63) is 36.4 Å². The van der Waals surface area contributed by atoms with Gasteiger partial charge in [0.25, 0.3) is 5.91 Å². The van der Waals surface area contributed by atoms with Crippen LogP contribution in [0.5, 0.6) is 5.75 Å². The Labute approximate surface area is 111 Å². The maximum atomic E-state index is 11.6. The van der Waals surface area contributed by atoms with E-state index in [1.165, 1.54) is 0 Å². The lowest BCUT2D eigenvalue weighted by atomic mass is 10.1. The molecular weight excluding hydrogens is 244 g/mol. The molecular formula is C14H16N2O3. The highest BCUT2D eigenvalue weighted by atomic mass is 16.5. The molecule has 1 aliphatic heterocycles. The molecule has 0 fully saturated rings. The van der Waals surface area contributed by atoms with Crippen LogP contribution in [0, 0.1) is 0 Å². The van der Waals surface area contributed by atoms with Gasteiger partial charge in [0.15, 0.2) is 6.61 Å². The predicted molar refractivity (Wildman–Crippen MR) is 72.3 cm³/mol. The topological polar surface area (TPSA) is 58.6 Å². The number of nitrogens with zero attached hydrogens (tertiary/aromatic N) is 1. The Bertz CT molecular complexity index is 525. The summed E-state index contributed by atoms with van der Waals surface area (Å²) in [5.41, 5.74) is 1.54. The van der Waals surface area contributed by atoms with Crippen LogP contribution in [-0.4, -0.2) is 32.0 Å². The Morgan fingerprint density at radius 1 is 1.58 bits per heavy atom. The van der Waals surface area contributed by atoms with Gasteiger partial charge in [-0.1, -0.05) is 12.1 Å². The van der Waals surface area contributed by atoms with Gasteiger partial charge in [-0.15, -0.1) is 6.58 Å². The van der Waals surface area contributed by atoms with E-state index < -0.39 is 0 Å². The van der Waals surface area contributed by atoms with E-state index in [9.17, 15) is 9.59 Å². The summed E-state index contributed by atoms with van der Waals surface area (Å²) in [5, 5.41) is 2.71. The average Bonchev–Trinajstić information content (AvgIpc) is 2.41. The molecule has 2 amide bonds. The van der Waals surface area contributed by atoms with Crippen LogP contribution in [0.4, 0.5) is 5.69 Å². The zero-order valence-electron chi connectivity index (χ0n) is 10.8. The molecule has 1 aliphatic rings. The number of ether oxygens (including phenoxy) is 1. The molecule has 0 saturated heterocycles. The van der Waals surface area contributed by atoms with E-state index in [-0.39, 0.29) is 24.8 Å². The van der Waals surface area contributed by atoms with Crippen LogP contribution in [0.15, 0.2) is 30.9 Å². The summed E-state index contributed by atoms with van der Waals surface area (Å²) in [6, 6.07) is 5.42. The first-order chi connectivity index (χ1) is 9.11. The van der Waals surface area contributed by atoms with Crippen molar-refractivity contribution in [3.8, 4) is 5.75 Å². The van der Waals surface area contributed by atoms with Gasteiger partial charge in [0.05, 0.1) is 12.1 Å². The Morgan fingerprint density at radius 3 is 3.11 bits per heavy atom. The number of benzene rings is 1. The van der Waals surface area contributed by atoms with Crippen LogP contribution < -0.4 is 15.0 Å². The van der Waals surface area contributed by atoms with Gasteiger partial charge in [-0.2, -0.15) is 0 Å². The van der Waals surface area contributed by atoms with Crippen molar-refractivity contribution >= 4 is 17.5 Å². The molecule has 1 heterocycles. The highest BCUT2D eigenvalue weighted by Crippen LogP contribution is 2.31. The highest BCUT2D eigenvalue weighted by Gasteiger charge is 2.22. The Kier molecular flexibility index (Phi) is 3.85. The fourth-order valence-electron chi connectivity index (χ4n) is 1.86. The van der Waals surface area contributed by atoms with Crippen molar-refractivity contribution in [2.24, 2.45) is 0 Å². The largest absolute Gasteiger partial charge is 0.482 e. The van der Waals surface area contributed by atoms with Crippen molar-refractivity contribution < 1.29 is 14.3 Å². The first kappa shape index (κ1) is 13.1. The monoisotopic (exact) mass is 260 g/mol. The zero-order valence-corrected chi connectivity index (χ0v) is 10.8. The number of carbonyl (C=O) groups excluding carboxylic acids is 2.